The maximum atomic E-state index is 6.45. The Kier molecular flexibility index (Phi) is 7.60. The molecule has 0 spiro atoms. The average molecular weight is 793 g/mol. The minimum absolute atomic E-state index is 0.333. The molecule has 62 heavy (non-hydrogen) atoms. The molecule has 0 bridgehead atoms. The fraction of sp³-hybridized carbons (Fsp3) is 0.0175. The van der Waals surface area contributed by atoms with E-state index in [-0.39, 0.29) is 6.17 Å². The second kappa shape index (κ2) is 13.6. The summed E-state index contributed by atoms with van der Waals surface area (Å²) in [5.74, 6) is 1.49. The number of aromatic nitrogens is 1. The first kappa shape index (κ1) is 34.6. The predicted molar refractivity (Wildman–Crippen MR) is 258 cm³/mol. The van der Waals surface area contributed by atoms with E-state index in [4.69, 9.17) is 14.4 Å². The van der Waals surface area contributed by atoms with Gasteiger partial charge in [0.15, 0.2) is 5.84 Å². The zero-order chi connectivity index (χ0) is 40.7. The van der Waals surface area contributed by atoms with Crippen LogP contribution in [-0.4, -0.2) is 16.2 Å². The van der Waals surface area contributed by atoms with Crippen molar-refractivity contribution in [3.05, 3.63) is 223 Å². The average Bonchev–Trinajstić information content (AvgIpc) is 3.90. The van der Waals surface area contributed by atoms with Gasteiger partial charge < -0.3 is 14.3 Å². The molecular weight excluding hydrogens is 757 g/mol. The highest BCUT2D eigenvalue weighted by molar-refractivity contribution is 6.32. The number of hydrogen-bond donors (Lipinski definition) is 1. The van der Waals surface area contributed by atoms with Gasteiger partial charge in [-0.15, -0.1) is 0 Å². The lowest BCUT2D eigenvalue weighted by atomic mass is 9.88. The van der Waals surface area contributed by atoms with Gasteiger partial charge in [0.1, 0.15) is 23.2 Å². The van der Waals surface area contributed by atoms with Crippen LogP contribution in [0.3, 0.4) is 0 Å². The lowest BCUT2D eigenvalue weighted by molar-refractivity contribution is 0.669. The van der Waals surface area contributed by atoms with E-state index < -0.39 is 0 Å². The zero-order valence-electron chi connectivity index (χ0n) is 33.5. The number of hydrogen-bond acceptors (Lipinski definition) is 4. The maximum absolute atomic E-state index is 6.45. The second-order valence-electron chi connectivity index (χ2n) is 16.1. The highest BCUT2D eigenvalue weighted by atomic mass is 16.3. The molecule has 290 valence electrons. The first-order valence-electron chi connectivity index (χ1n) is 21.1. The molecule has 0 radical (unpaired) electrons. The quantitative estimate of drug-likeness (QED) is 0.177. The van der Waals surface area contributed by atoms with Gasteiger partial charge in [0.05, 0.1) is 16.4 Å². The Labute approximate surface area is 356 Å². The van der Waals surface area contributed by atoms with E-state index in [0.717, 1.165) is 77.7 Å². The topological polar surface area (TPSA) is 54.8 Å². The van der Waals surface area contributed by atoms with Crippen LogP contribution in [0.2, 0.25) is 0 Å². The Morgan fingerprint density at radius 3 is 1.84 bits per heavy atom. The zero-order valence-corrected chi connectivity index (χ0v) is 33.5. The summed E-state index contributed by atoms with van der Waals surface area (Å²) in [6, 6.07) is 73.4. The predicted octanol–water partition coefficient (Wildman–Crippen LogP) is 14.3. The van der Waals surface area contributed by atoms with E-state index in [1.54, 1.807) is 0 Å². The molecular formula is C57H36N4O. The summed E-state index contributed by atoms with van der Waals surface area (Å²) in [7, 11) is 0. The molecule has 5 nitrogen and oxygen atoms in total. The maximum Gasteiger partial charge on any atom is 0.159 e. The van der Waals surface area contributed by atoms with Gasteiger partial charge in [0, 0.05) is 38.4 Å². The molecule has 0 saturated heterocycles. The van der Waals surface area contributed by atoms with E-state index in [0.29, 0.717) is 5.84 Å². The largest absolute Gasteiger partial charge is 0.456 e. The molecule has 13 rings (SSSR count). The summed E-state index contributed by atoms with van der Waals surface area (Å²) < 4.78 is 8.85. The van der Waals surface area contributed by atoms with Crippen LogP contribution in [0.25, 0.3) is 92.9 Å². The smallest absolute Gasteiger partial charge is 0.159 e. The molecule has 0 saturated carbocycles. The molecule has 0 amide bonds. The van der Waals surface area contributed by atoms with E-state index in [2.05, 4.69) is 186 Å². The van der Waals surface area contributed by atoms with Crippen LogP contribution in [-0.2, 0) is 0 Å². The molecule has 1 unspecified atom stereocenters. The molecule has 2 aromatic heterocycles. The third-order valence-corrected chi connectivity index (χ3v) is 12.6. The van der Waals surface area contributed by atoms with E-state index in [9.17, 15) is 0 Å². The molecule has 1 N–H and O–H groups in total. The first-order chi connectivity index (χ1) is 30.7. The number of benzene rings is 10. The number of fused-ring (bicyclic) bond motifs is 13. The standard InChI is InChI=1S/C57H36N4O/c1-4-16-35(17-5-1)55-58-56(36-18-6-2-7-19-36)60-57(59-55)48-34-38(33-47-42-24-11-10-22-40(42)41-23-12-13-25-43(41)52(47)48)37-28-30-49-46(32-37)44-29-31-51-53(45-26-14-15-27-50(45)62-51)54(44)61(49)39-20-8-3-9-21-39/h1-34,55H,(H,58,59,60). The van der Waals surface area contributed by atoms with Crippen molar-refractivity contribution in [2.45, 2.75) is 6.17 Å². The van der Waals surface area contributed by atoms with E-state index >= 15 is 0 Å². The van der Waals surface area contributed by atoms with Crippen molar-refractivity contribution < 1.29 is 4.42 Å². The number of rotatable bonds is 5. The van der Waals surface area contributed by atoms with Gasteiger partial charge in [0.2, 0.25) is 0 Å². The Bertz CT molecular complexity index is 3830. The number of amidine groups is 2. The Morgan fingerprint density at radius 2 is 1.06 bits per heavy atom. The molecule has 1 aliphatic rings. The highest BCUT2D eigenvalue weighted by Gasteiger charge is 2.25. The van der Waals surface area contributed by atoms with Gasteiger partial charge >= 0.3 is 0 Å². The fourth-order valence-electron chi connectivity index (χ4n) is 9.84. The highest BCUT2D eigenvalue weighted by Crippen LogP contribution is 2.44. The molecule has 3 heterocycles. The summed E-state index contributed by atoms with van der Waals surface area (Å²) in [6.45, 7) is 0. The van der Waals surface area contributed by atoms with Crippen molar-refractivity contribution in [3.63, 3.8) is 0 Å². The van der Waals surface area contributed by atoms with Gasteiger partial charge in [-0.3, -0.25) is 0 Å². The number of nitrogens with one attached hydrogen (secondary N) is 1. The lowest BCUT2D eigenvalue weighted by Gasteiger charge is -2.25. The monoisotopic (exact) mass is 792 g/mol. The summed E-state index contributed by atoms with van der Waals surface area (Å²) in [5, 5.41) is 15.6. The molecule has 10 aromatic carbocycles. The minimum atomic E-state index is -0.333. The summed E-state index contributed by atoms with van der Waals surface area (Å²) >= 11 is 0. The van der Waals surface area contributed by atoms with Crippen LogP contribution >= 0.6 is 0 Å². The summed E-state index contributed by atoms with van der Waals surface area (Å²) in [6.07, 6.45) is -0.333. The molecule has 12 aromatic rings. The number of aliphatic imine (C=N–C) groups is 2. The first-order valence-corrected chi connectivity index (χ1v) is 21.1. The minimum Gasteiger partial charge on any atom is -0.456 e. The fourth-order valence-corrected chi connectivity index (χ4v) is 9.84. The van der Waals surface area contributed by atoms with Crippen molar-refractivity contribution in [1.29, 1.82) is 0 Å². The summed E-state index contributed by atoms with van der Waals surface area (Å²) in [5.41, 5.74) is 10.5. The number of para-hydroxylation sites is 2. The van der Waals surface area contributed by atoms with Gasteiger partial charge in [-0.25, -0.2) is 9.98 Å². The summed E-state index contributed by atoms with van der Waals surface area (Å²) in [4.78, 5) is 10.6. The molecule has 0 fully saturated rings. The van der Waals surface area contributed by atoms with Crippen LogP contribution in [0.4, 0.5) is 0 Å². The van der Waals surface area contributed by atoms with Crippen molar-refractivity contribution >= 4 is 87.7 Å². The molecule has 0 aliphatic carbocycles. The van der Waals surface area contributed by atoms with Gasteiger partial charge in [-0.1, -0.05) is 152 Å². The Balaban J connectivity index is 1.11. The normalized spacial score (nSPS) is 14.3. The van der Waals surface area contributed by atoms with Crippen molar-refractivity contribution in [2.75, 3.05) is 0 Å². The molecule has 1 atom stereocenters. The molecule has 1 aliphatic heterocycles. The SMILES string of the molecule is c1ccc(C2=NC(c3ccccc3)NC(c3cc(-c4ccc5c(c4)c4ccc6oc7ccccc7c6c4n5-c4ccccc4)cc4c5ccccc5c5ccccc5c34)=N2)cc1. The Hall–Kier alpha value is -8.28. The van der Waals surface area contributed by atoms with E-state index in [1.165, 1.54) is 37.7 Å². The van der Waals surface area contributed by atoms with Gasteiger partial charge in [-0.05, 0) is 98.2 Å². The third-order valence-electron chi connectivity index (χ3n) is 12.6. The van der Waals surface area contributed by atoms with Gasteiger partial charge in [0.25, 0.3) is 0 Å². The van der Waals surface area contributed by atoms with Crippen molar-refractivity contribution in [3.8, 4) is 16.8 Å². The van der Waals surface area contributed by atoms with E-state index in [1.807, 2.05) is 30.3 Å². The Morgan fingerprint density at radius 1 is 0.435 bits per heavy atom. The van der Waals surface area contributed by atoms with Gasteiger partial charge in [-0.2, -0.15) is 0 Å². The van der Waals surface area contributed by atoms with Crippen LogP contribution in [0.5, 0.6) is 0 Å². The number of furan rings is 1. The van der Waals surface area contributed by atoms with Crippen LogP contribution in [0, 0.1) is 0 Å². The van der Waals surface area contributed by atoms with Crippen LogP contribution in [0.15, 0.2) is 221 Å². The lowest BCUT2D eigenvalue weighted by Crippen LogP contribution is -2.33. The van der Waals surface area contributed by atoms with Crippen molar-refractivity contribution in [2.24, 2.45) is 9.98 Å². The van der Waals surface area contributed by atoms with Crippen LogP contribution in [0.1, 0.15) is 22.9 Å². The second-order valence-corrected chi connectivity index (χ2v) is 16.1. The third kappa shape index (κ3) is 5.28. The van der Waals surface area contributed by atoms with Crippen LogP contribution < -0.4 is 5.32 Å². The van der Waals surface area contributed by atoms with Crippen molar-refractivity contribution in [1.82, 2.24) is 9.88 Å². The number of nitrogens with zero attached hydrogens (tertiary/aromatic N) is 3. The molecule has 5 heteroatoms.